The number of hydrogen-bond acceptors (Lipinski definition) is 3. The Morgan fingerprint density at radius 1 is 1.15 bits per heavy atom. The third-order valence-corrected chi connectivity index (χ3v) is 3.75. The van der Waals surface area contributed by atoms with Gasteiger partial charge in [-0.15, -0.1) is 30.4 Å². The fourth-order valence-corrected chi connectivity index (χ4v) is 2.23. The van der Waals surface area contributed by atoms with E-state index in [1.807, 2.05) is 36.4 Å². The molecule has 0 fully saturated rings. The quantitative estimate of drug-likeness (QED) is 0.294. The standard InChI is InChI=1S/C20H23N3O2.HI/c1-5-10-25-19-12-16(7-9-18(19)24-4)13-22-20(21)23-17-8-6-14(2)15(3)11-17;/h1,6-9,11-12H,10,13H2,2-4H3,(H3,21,22,23);1H. The van der Waals surface area contributed by atoms with Gasteiger partial charge in [-0.3, -0.25) is 0 Å². The third kappa shape index (κ3) is 6.15. The van der Waals surface area contributed by atoms with E-state index in [-0.39, 0.29) is 30.6 Å². The van der Waals surface area contributed by atoms with E-state index in [2.05, 4.69) is 30.1 Å². The first-order valence-corrected chi connectivity index (χ1v) is 7.91. The van der Waals surface area contributed by atoms with Crippen LogP contribution >= 0.6 is 24.0 Å². The number of ether oxygens (including phenoxy) is 2. The van der Waals surface area contributed by atoms with Gasteiger partial charge in [0.05, 0.1) is 13.7 Å². The minimum Gasteiger partial charge on any atom is -0.493 e. The number of anilines is 1. The fourth-order valence-electron chi connectivity index (χ4n) is 2.23. The van der Waals surface area contributed by atoms with E-state index in [9.17, 15) is 0 Å². The molecule has 0 saturated carbocycles. The molecule has 2 aromatic rings. The minimum atomic E-state index is 0. The lowest BCUT2D eigenvalue weighted by Crippen LogP contribution is -2.22. The van der Waals surface area contributed by atoms with Crippen molar-refractivity contribution in [3.63, 3.8) is 0 Å². The smallest absolute Gasteiger partial charge is 0.193 e. The number of terminal acetylenes is 1. The van der Waals surface area contributed by atoms with Gasteiger partial charge in [-0.05, 0) is 54.8 Å². The van der Waals surface area contributed by atoms with Gasteiger partial charge >= 0.3 is 0 Å². The zero-order valence-electron chi connectivity index (χ0n) is 15.2. The zero-order valence-corrected chi connectivity index (χ0v) is 17.5. The van der Waals surface area contributed by atoms with Crippen LogP contribution in [0.1, 0.15) is 16.7 Å². The van der Waals surface area contributed by atoms with E-state index in [4.69, 9.17) is 21.6 Å². The molecule has 0 radical (unpaired) electrons. The summed E-state index contributed by atoms with van der Waals surface area (Å²) in [5.41, 5.74) is 10.3. The van der Waals surface area contributed by atoms with Crippen molar-refractivity contribution in [3.05, 3.63) is 53.1 Å². The van der Waals surface area contributed by atoms with E-state index in [0.29, 0.717) is 24.0 Å². The number of guanidine groups is 1. The van der Waals surface area contributed by atoms with Crippen LogP contribution in [0.5, 0.6) is 11.5 Å². The van der Waals surface area contributed by atoms with E-state index in [1.165, 1.54) is 11.1 Å². The summed E-state index contributed by atoms with van der Waals surface area (Å²) in [7, 11) is 1.58. The van der Waals surface area contributed by atoms with Crippen molar-refractivity contribution in [2.75, 3.05) is 19.0 Å². The van der Waals surface area contributed by atoms with Gasteiger partial charge in [-0.1, -0.05) is 18.1 Å². The second kappa shape index (κ2) is 10.6. The molecular formula is C20H24IN3O2. The molecule has 0 bridgehead atoms. The van der Waals surface area contributed by atoms with Crippen molar-refractivity contribution in [2.45, 2.75) is 20.4 Å². The Morgan fingerprint density at radius 2 is 1.92 bits per heavy atom. The average molecular weight is 465 g/mol. The molecule has 0 heterocycles. The summed E-state index contributed by atoms with van der Waals surface area (Å²) in [6.07, 6.45) is 5.24. The van der Waals surface area contributed by atoms with Crippen LogP contribution in [0.3, 0.4) is 0 Å². The maximum Gasteiger partial charge on any atom is 0.193 e. The van der Waals surface area contributed by atoms with Crippen molar-refractivity contribution in [1.29, 1.82) is 0 Å². The molecule has 0 aliphatic rings. The lowest BCUT2D eigenvalue weighted by atomic mass is 10.1. The monoisotopic (exact) mass is 465 g/mol. The fraction of sp³-hybridized carbons (Fsp3) is 0.250. The summed E-state index contributed by atoms with van der Waals surface area (Å²) < 4.78 is 10.7. The molecule has 5 nitrogen and oxygen atoms in total. The SMILES string of the molecule is C#CCOc1cc(CN=C(N)Nc2ccc(C)c(C)c2)ccc1OC.I. The molecule has 0 amide bonds. The van der Waals surface area contributed by atoms with Crippen molar-refractivity contribution < 1.29 is 9.47 Å². The van der Waals surface area contributed by atoms with E-state index >= 15 is 0 Å². The van der Waals surface area contributed by atoms with Gasteiger partial charge < -0.3 is 20.5 Å². The predicted molar refractivity (Wildman–Crippen MR) is 118 cm³/mol. The van der Waals surface area contributed by atoms with Crippen LogP contribution in [0, 0.1) is 26.2 Å². The highest BCUT2D eigenvalue weighted by Gasteiger charge is 2.05. The lowest BCUT2D eigenvalue weighted by molar-refractivity contribution is 0.330. The third-order valence-electron chi connectivity index (χ3n) is 3.75. The maximum atomic E-state index is 5.97. The molecule has 0 aliphatic heterocycles. The van der Waals surface area contributed by atoms with Crippen LogP contribution in [0.15, 0.2) is 41.4 Å². The number of rotatable bonds is 6. The van der Waals surface area contributed by atoms with Crippen molar-refractivity contribution in [3.8, 4) is 23.8 Å². The molecule has 26 heavy (non-hydrogen) atoms. The highest BCUT2D eigenvalue weighted by molar-refractivity contribution is 14.0. The molecule has 6 heteroatoms. The van der Waals surface area contributed by atoms with Gasteiger partial charge in [0.15, 0.2) is 17.5 Å². The Hall–Kier alpha value is -2.40. The zero-order chi connectivity index (χ0) is 18.2. The molecule has 2 rings (SSSR count). The Balaban J connectivity index is 0.00000338. The Bertz CT molecular complexity index is 813. The summed E-state index contributed by atoms with van der Waals surface area (Å²) in [4.78, 5) is 4.37. The lowest BCUT2D eigenvalue weighted by Gasteiger charge is -2.11. The van der Waals surface area contributed by atoms with Crippen molar-refractivity contribution in [2.24, 2.45) is 10.7 Å². The number of nitrogens with zero attached hydrogens (tertiary/aromatic N) is 1. The van der Waals surface area contributed by atoms with Crippen LogP contribution in [-0.2, 0) is 6.54 Å². The molecule has 0 spiro atoms. The number of hydrogen-bond donors (Lipinski definition) is 2. The molecule has 3 N–H and O–H groups in total. The normalized spacial score (nSPS) is 10.5. The number of nitrogens with one attached hydrogen (secondary N) is 1. The summed E-state index contributed by atoms with van der Waals surface area (Å²) in [6.45, 7) is 4.72. The molecule has 0 aliphatic carbocycles. The summed E-state index contributed by atoms with van der Waals surface area (Å²) in [6, 6.07) is 11.6. The average Bonchev–Trinajstić information content (AvgIpc) is 2.61. The van der Waals surface area contributed by atoms with Gasteiger partial charge in [-0.2, -0.15) is 0 Å². The predicted octanol–water partition coefficient (Wildman–Crippen LogP) is 3.87. The van der Waals surface area contributed by atoms with Crippen LogP contribution in [0.2, 0.25) is 0 Å². The first-order valence-electron chi connectivity index (χ1n) is 7.91. The minimum absolute atomic E-state index is 0. The molecule has 0 atom stereocenters. The van der Waals surface area contributed by atoms with E-state index < -0.39 is 0 Å². The van der Waals surface area contributed by atoms with E-state index in [0.717, 1.165) is 11.3 Å². The van der Waals surface area contributed by atoms with Gasteiger partial charge in [0, 0.05) is 5.69 Å². The Labute approximate surface area is 172 Å². The molecule has 138 valence electrons. The highest BCUT2D eigenvalue weighted by Crippen LogP contribution is 2.28. The maximum absolute atomic E-state index is 5.97. The topological polar surface area (TPSA) is 68.9 Å². The largest absolute Gasteiger partial charge is 0.493 e. The summed E-state index contributed by atoms with van der Waals surface area (Å²) >= 11 is 0. The molecule has 2 aromatic carbocycles. The molecule has 0 saturated heterocycles. The molecule has 0 unspecified atom stereocenters. The summed E-state index contributed by atoms with van der Waals surface area (Å²) in [5, 5.41) is 3.10. The number of methoxy groups -OCH3 is 1. The van der Waals surface area contributed by atoms with Gasteiger partial charge in [0.25, 0.3) is 0 Å². The molecular weight excluding hydrogens is 441 g/mol. The van der Waals surface area contributed by atoms with Crippen LogP contribution < -0.4 is 20.5 Å². The number of aryl methyl sites for hydroxylation is 2. The number of nitrogens with two attached hydrogens (primary N) is 1. The highest BCUT2D eigenvalue weighted by atomic mass is 127. The van der Waals surface area contributed by atoms with Crippen molar-refractivity contribution >= 4 is 35.6 Å². The van der Waals surface area contributed by atoms with Crippen LogP contribution in [0.25, 0.3) is 0 Å². The first kappa shape index (κ1) is 21.6. The van der Waals surface area contributed by atoms with Crippen LogP contribution in [-0.4, -0.2) is 19.7 Å². The van der Waals surface area contributed by atoms with Gasteiger partial charge in [0.1, 0.15) is 6.61 Å². The first-order chi connectivity index (χ1) is 12.0. The number of aliphatic imine (C=N–C) groups is 1. The second-order valence-electron chi connectivity index (χ2n) is 5.60. The molecule has 0 aromatic heterocycles. The van der Waals surface area contributed by atoms with Crippen molar-refractivity contribution in [1.82, 2.24) is 0 Å². The van der Waals surface area contributed by atoms with E-state index in [1.54, 1.807) is 7.11 Å². The number of benzene rings is 2. The Morgan fingerprint density at radius 3 is 2.58 bits per heavy atom. The number of halogens is 1. The second-order valence-corrected chi connectivity index (χ2v) is 5.60. The summed E-state index contributed by atoms with van der Waals surface area (Å²) in [5.74, 6) is 4.01. The van der Waals surface area contributed by atoms with Crippen LogP contribution in [0.4, 0.5) is 5.69 Å². The van der Waals surface area contributed by atoms with Gasteiger partial charge in [-0.25, -0.2) is 4.99 Å². The Kier molecular flexibility index (Phi) is 8.79. The van der Waals surface area contributed by atoms with Gasteiger partial charge in [0.2, 0.25) is 0 Å².